The van der Waals surface area contributed by atoms with Gasteiger partial charge in [-0.1, -0.05) is 11.6 Å². The number of carbonyl (C=O) groups is 1. The van der Waals surface area contributed by atoms with E-state index in [0.717, 1.165) is 5.56 Å². The molecule has 0 aliphatic carbocycles. The molecule has 2 aromatic carbocycles. The third-order valence-corrected chi connectivity index (χ3v) is 6.48. The molecule has 2 heterocycles. The Morgan fingerprint density at radius 3 is 2.26 bits per heavy atom. The maximum Gasteiger partial charge on any atom is 0.261 e. The van der Waals surface area contributed by atoms with Crippen molar-refractivity contribution in [3.05, 3.63) is 69.5 Å². The SMILES string of the molecule is COc1cc(Cl)c(C)cc1NC(=O)c1cc2c(CO)cnc(C)c2oc1=Nc1cc(OC)c(OC)c(OC)c1. The molecule has 0 bridgehead atoms. The number of methoxy groups -OCH3 is 4. The number of hydrogen-bond donors (Lipinski definition) is 2. The molecular formula is C28H28ClN3O7. The number of pyridine rings is 1. The van der Waals surface area contributed by atoms with E-state index in [0.29, 0.717) is 61.6 Å². The number of aliphatic hydroxyl groups is 1. The number of aryl methyl sites for hydroxylation is 2. The second kappa shape index (κ2) is 11.6. The first kappa shape index (κ1) is 27.7. The van der Waals surface area contributed by atoms with Crippen LogP contribution in [0.4, 0.5) is 11.4 Å². The van der Waals surface area contributed by atoms with Crippen LogP contribution in [-0.2, 0) is 6.61 Å². The van der Waals surface area contributed by atoms with Crippen molar-refractivity contribution in [1.82, 2.24) is 4.98 Å². The van der Waals surface area contributed by atoms with Gasteiger partial charge in [0.15, 0.2) is 17.1 Å². The number of anilines is 1. The van der Waals surface area contributed by atoms with Crippen LogP contribution in [0.25, 0.3) is 11.0 Å². The minimum atomic E-state index is -0.523. The molecule has 11 heteroatoms. The predicted molar refractivity (Wildman–Crippen MR) is 147 cm³/mol. The number of benzene rings is 2. The summed E-state index contributed by atoms with van der Waals surface area (Å²) in [5.41, 5.74) is 3.08. The Kier molecular flexibility index (Phi) is 8.27. The number of carbonyl (C=O) groups excluding carboxylic acids is 1. The Morgan fingerprint density at radius 2 is 1.67 bits per heavy atom. The Hall–Kier alpha value is -4.28. The summed E-state index contributed by atoms with van der Waals surface area (Å²) < 4.78 is 27.9. The van der Waals surface area contributed by atoms with Crippen LogP contribution >= 0.6 is 11.6 Å². The first-order chi connectivity index (χ1) is 18.7. The van der Waals surface area contributed by atoms with E-state index in [2.05, 4.69) is 15.3 Å². The predicted octanol–water partition coefficient (Wildman–Crippen LogP) is 5.11. The van der Waals surface area contributed by atoms with Crippen molar-refractivity contribution in [2.75, 3.05) is 33.8 Å². The van der Waals surface area contributed by atoms with E-state index in [1.54, 1.807) is 37.3 Å². The molecule has 4 aromatic rings. The molecular weight excluding hydrogens is 526 g/mol. The van der Waals surface area contributed by atoms with Gasteiger partial charge >= 0.3 is 0 Å². The quantitative estimate of drug-likeness (QED) is 0.308. The highest BCUT2D eigenvalue weighted by atomic mass is 35.5. The van der Waals surface area contributed by atoms with E-state index >= 15 is 0 Å². The number of halogens is 1. The van der Waals surface area contributed by atoms with Crippen LogP contribution < -0.4 is 29.8 Å². The van der Waals surface area contributed by atoms with Gasteiger partial charge in [0.2, 0.25) is 11.3 Å². The summed E-state index contributed by atoms with van der Waals surface area (Å²) in [6, 6.07) is 8.20. The van der Waals surface area contributed by atoms with E-state index < -0.39 is 5.91 Å². The molecule has 1 amide bonds. The Morgan fingerprint density at radius 1 is 1.00 bits per heavy atom. The lowest BCUT2D eigenvalue weighted by atomic mass is 10.1. The number of amides is 1. The van der Waals surface area contributed by atoms with Gasteiger partial charge < -0.3 is 33.8 Å². The van der Waals surface area contributed by atoms with Crippen LogP contribution in [0.5, 0.6) is 23.0 Å². The monoisotopic (exact) mass is 553 g/mol. The number of nitrogens with one attached hydrogen (secondary N) is 1. The van der Waals surface area contributed by atoms with Gasteiger partial charge in [0, 0.05) is 40.4 Å². The second-order valence-electron chi connectivity index (χ2n) is 8.49. The number of rotatable bonds is 8. The minimum absolute atomic E-state index is 0.00100. The molecule has 0 aliphatic rings. The van der Waals surface area contributed by atoms with Crippen molar-refractivity contribution in [2.45, 2.75) is 20.5 Å². The number of fused-ring (bicyclic) bond motifs is 1. The second-order valence-corrected chi connectivity index (χ2v) is 8.89. The van der Waals surface area contributed by atoms with Crippen molar-refractivity contribution >= 4 is 39.9 Å². The van der Waals surface area contributed by atoms with Crippen LogP contribution in [0.2, 0.25) is 5.02 Å². The minimum Gasteiger partial charge on any atom is -0.495 e. The zero-order valence-electron chi connectivity index (χ0n) is 22.3. The highest BCUT2D eigenvalue weighted by molar-refractivity contribution is 6.31. The van der Waals surface area contributed by atoms with Gasteiger partial charge in [-0.15, -0.1) is 0 Å². The first-order valence-electron chi connectivity index (χ1n) is 11.8. The lowest BCUT2D eigenvalue weighted by Crippen LogP contribution is -2.22. The van der Waals surface area contributed by atoms with E-state index in [4.69, 9.17) is 35.0 Å². The summed E-state index contributed by atoms with van der Waals surface area (Å²) in [4.78, 5) is 22.6. The number of nitrogens with zero attached hydrogens (tertiary/aromatic N) is 2. The molecule has 10 nitrogen and oxygen atoms in total. The van der Waals surface area contributed by atoms with Crippen molar-refractivity contribution in [3.63, 3.8) is 0 Å². The summed E-state index contributed by atoms with van der Waals surface area (Å²) in [5, 5.41) is 13.8. The van der Waals surface area contributed by atoms with E-state index in [1.807, 2.05) is 6.92 Å². The number of aliphatic hydroxyl groups excluding tert-OH is 1. The molecule has 4 rings (SSSR count). The summed E-state index contributed by atoms with van der Waals surface area (Å²) in [5.74, 6) is 1.01. The van der Waals surface area contributed by atoms with Crippen molar-refractivity contribution in [3.8, 4) is 23.0 Å². The van der Waals surface area contributed by atoms with E-state index in [9.17, 15) is 9.90 Å². The summed E-state index contributed by atoms with van der Waals surface area (Å²) >= 11 is 6.24. The fourth-order valence-corrected chi connectivity index (χ4v) is 4.18. The van der Waals surface area contributed by atoms with Crippen molar-refractivity contribution < 1.29 is 33.3 Å². The Labute approximate surface area is 229 Å². The molecule has 0 saturated heterocycles. The maximum atomic E-state index is 13.7. The zero-order chi connectivity index (χ0) is 28.3. The largest absolute Gasteiger partial charge is 0.495 e. The van der Waals surface area contributed by atoms with Gasteiger partial charge in [0.1, 0.15) is 11.3 Å². The number of ether oxygens (including phenoxy) is 4. The number of aromatic nitrogens is 1. The van der Waals surface area contributed by atoms with Gasteiger partial charge in [0.05, 0.1) is 52.1 Å². The first-order valence-corrected chi connectivity index (χ1v) is 12.2. The van der Waals surface area contributed by atoms with Gasteiger partial charge in [-0.2, -0.15) is 0 Å². The van der Waals surface area contributed by atoms with Crippen LogP contribution in [0.3, 0.4) is 0 Å². The van der Waals surface area contributed by atoms with Crippen LogP contribution in [0, 0.1) is 13.8 Å². The fourth-order valence-electron chi connectivity index (χ4n) is 4.03. The molecule has 204 valence electrons. The molecule has 2 N–H and O–H groups in total. The Bertz CT molecular complexity index is 1610. The molecule has 0 saturated carbocycles. The average Bonchev–Trinajstić information content (AvgIpc) is 2.94. The molecule has 0 fully saturated rings. The van der Waals surface area contributed by atoms with Gasteiger partial charge in [-0.05, 0) is 31.5 Å². The lowest BCUT2D eigenvalue weighted by molar-refractivity contribution is 0.102. The molecule has 0 unspecified atom stereocenters. The topological polar surface area (TPSA) is 125 Å². The summed E-state index contributed by atoms with van der Waals surface area (Å²) in [7, 11) is 5.97. The third kappa shape index (κ3) is 5.47. The zero-order valence-corrected chi connectivity index (χ0v) is 23.1. The van der Waals surface area contributed by atoms with Gasteiger partial charge in [0.25, 0.3) is 5.91 Å². The summed E-state index contributed by atoms with van der Waals surface area (Å²) in [6.07, 6.45) is 1.54. The molecule has 0 atom stereocenters. The highest BCUT2D eigenvalue weighted by Gasteiger charge is 2.19. The average molecular weight is 554 g/mol. The normalized spacial score (nSPS) is 11.4. The van der Waals surface area contributed by atoms with E-state index in [-0.39, 0.29) is 17.7 Å². The summed E-state index contributed by atoms with van der Waals surface area (Å²) in [6.45, 7) is 3.28. The van der Waals surface area contributed by atoms with Crippen molar-refractivity contribution in [1.29, 1.82) is 0 Å². The fraction of sp³-hybridized carbons (Fsp3) is 0.250. The molecule has 39 heavy (non-hydrogen) atoms. The third-order valence-electron chi connectivity index (χ3n) is 6.08. The maximum absolute atomic E-state index is 13.7. The molecule has 0 spiro atoms. The van der Waals surface area contributed by atoms with Gasteiger partial charge in [-0.25, -0.2) is 4.99 Å². The van der Waals surface area contributed by atoms with Crippen LogP contribution in [-0.4, -0.2) is 44.4 Å². The molecule has 0 aliphatic heterocycles. The smallest absolute Gasteiger partial charge is 0.261 e. The van der Waals surface area contributed by atoms with Crippen LogP contribution in [0.1, 0.15) is 27.2 Å². The molecule has 0 radical (unpaired) electrons. The lowest BCUT2D eigenvalue weighted by Gasteiger charge is -2.14. The van der Waals surface area contributed by atoms with Crippen LogP contribution in [0.15, 0.2) is 45.9 Å². The number of hydrogen-bond acceptors (Lipinski definition) is 9. The van der Waals surface area contributed by atoms with E-state index in [1.165, 1.54) is 34.6 Å². The van der Waals surface area contributed by atoms with Gasteiger partial charge in [-0.3, -0.25) is 9.78 Å². The molecule has 2 aromatic heterocycles. The highest BCUT2D eigenvalue weighted by Crippen LogP contribution is 2.40. The standard InChI is InChI=1S/C28H28ClN3O7/c1-14-7-21(22(35-3)11-20(14)29)32-27(34)19-10-18-16(13-33)12-30-15(2)25(18)39-28(19)31-17-8-23(36-4)26(38-6)24(9-17)37-5/h7-12,33H,13H2,1-6H3,(H,32,34). The van der Waals surface area contributed by atoms with Crippen molar-refractivity contribution in [2.24, 2.45) is 4.99 Å². The Balaban J connectivity index is 1.97.